The molecule has 2 N–H and O–H groups in total. The highest BCUT2D eigenvalue weighted by Gasteiger charge is 2.41. The summed E-state index contributed by atoms with van der Waals surface area (Å²) in [6.45, 7) is 5.79. The van der Waals surface area contributed by atoms with Gasteiger partial charge in [-0.3, -0.25) is 9.59 Å². The minimum Gasteiger partial charge on any atom is -0.481 e. The molecule has 0 aliphatic heterocycles. The molecule has 0 aromatic carbocycles. The van der Waals surface area contributed by atoms with Gasteiger partial charge in [0.1, 0.15) is 6.61 Å². The quantitative estimate of drug-likeness (QED) is 0.783. The van der Waals surface area contributed by atoms with E-state index in [4.69, 9.17) is 4.74 Å². The Morgan fingerprint density at radius 3 is 2.28 bits per heavy atom. The Labute approximate surface area is 108 Å². The average molecular weight is 257 g/mol. The van der Waals surface area contributed by atoms with E-state index in [1.165, 1.54) is 0 Å². The highest BCUT2D eigenvalue weighted by molar-refractivity contribution is 5.80. The molecule has 1 amide bonds. The van der Waals surface area contributed by atoms with Crippen LogP contribution in [-0.4, -0.2) is 35.7 Å². The molecule has 0 bridgehead atoms. The number of carbonyl (C=O) groups is 2. The number of aliphatic carboxylic acids is 1. The molecule has 0 saturated heterocycles. The van der Waals surface area contributed by atoms with Gasteiger partial charge in [-0.1, -0.05) is 12.8 Å². The van der Waals surface area contributed by atoms with E-state index >= 15 is 0 Å². The number of ether oxygens (including phenoxy) is 1. The third-order valence-electron chi connectivity index (χ3n) is 3.27. The zero-order valence-electron chi connectivity index (χ0n) is 11.4. The van der Waals surface area contributed by atoms with Crippen molar-refractivity contribution >= 4 is 11.9 Å². The first kappa shape index (κ1) is 15.0. The fourth-order valence-electron chi connectivity index (χ4n) is 2.12. The van der Waals surface area contributed by atoms with Crippen LogP contribution in [0.3, 0.4) is 0 Å². The van der Waals surface area contributed by atoms with E-state index < -0.39 is 11.4 Å². The number of amides is 1. The largest absolute Gasteiger partial charge is 0.481 e. The van der Waals surface area contributed by atoms with E-state index in [1.807, 2.05) is 20.8 Å². The fourth-order valence-corrected chi connectivity index (χ4v) is 2.12. The summed E-state index contributed by atoms with van der Waals surface area (Å²) in [6.07, 6.45) is 3.12. The summed E-state index contributed by atoms with van der Waals surface area (Å²) in [5.41, 5.74) is -1.13. The molecule has 5 nitrogen and oxygen atoms in total. The van der Waals surface area contributed by atoms with Gasteiger partial charge in [-0.2, -0.15) is 0 Å². The van der Waals surface area contributed by atoms with Crippen LogP contribution in [0.5, 0.6) is 0 Å². The maximum absolute atomic E-state index is 11.6. The molecule has 1 fully saturated rings. The van der Waals surface area contributed by atoms with Crippen molar-refractivity contribution in [2.24, 2.45) is 5.41 Å². The standard InChI is InChI=1S/C13H23NO4/c1-12(2,3)18-8-10(15)14-9-13(11(16)17)6-4-5-7-13/h4-9H2,1-3H3,(H,14,15)(H,16,17). The van der Waals surface area contributed by atoms with Gasteiger partial charge in [0.2, 0.25) is 5.91 Å². The number of carbonyl (C=O) groups excluding carboxylic acids is 1. The molecule has 1 aliphatic rings. The van der Waals surface area contributed by atoms with Crippen LogP contribution in [-0.2, 0) is 14.3 Å². The van der Waals surface area contributed by atoms with Crippen LogP contribution in [0.4, 0.5) is 0 Å². The van der Waals surface area contributed by atoms with E-state index in [1.54, 1.807) is 0 Å². The highest BCUT2D eigenvalue weighted by Crippen LogP contribution is 2.37. The predicted octanol–water partition coefficient (Wildman–Crippen LogP) is 1.56. The molecule has 0 radical (unpaired) electrons. The van der Waals surface area contributed by atoms with E-state index in [9.17, 15) is 14.7 Å². The molecule has 18 heavy (non-hydrogen) atoms. The molecule has 0 spiro atoms. The van der Waals surface area contributed by atoms with Crippen molar-refractivity contribution in [3.05, 3.63) is 0 Å². The molecule has 1 rings (SSSR count). The monoisotopic (exact) mass is 257 g/mol. The van der Waals surface area contributed by atoms with E-state index in [2.05, 4.69) is 5.32 Å². The summed E-state index contributed by atoms with van der Waals surface area (Å²) in [7, 11) is 0. The smallest absolute Gasteiger partial charge is 0.311 e. The van der Waals surface area contributed by atoms with Crippen molar-refractivity contribution in [3.8, 4) is 0 Å². The Balaban J connectivity index is 2.39. The minimum atomic E-state index is -0.808. The first-order valence-electron chi connectivity index (χ1n) is 6.39. The summed E-state index contributed by atoms with van der Waals surface area (Å²) in [6, 6.07) is 0. The fraction of sp³-hybridized carbons (Fsp3) is 0.846. The third kappa shape index (κ3) is 4.29. The third-order valence-corrected chi connectivity index (χ3v) is 3.27. The average Bonchev–Trinajstić information content (AvgIpc) is 2.72. The van der Waals surface area contributed by atoms with Gasteiger partial charge in [-0.15, -0.1) is 0 Å². The maximum atomic E-state index is 11.6. The normalized spacial score (nSPS) is 18.6. The summed E-state index contributed by atoms with van der Waals surface area (Å²) in [5.74, 6) is -1.06. The van der Waals surface area contributed by atoms with Gasteiger partial charge in [-0.25, -0.2) is 0 Å². The van der Waals surface area contributed by atoms with Crippen LogP contribution >= 0.6 is 0 Å². The van der Waals surface area contributed by atoms with Crippen LogP contribution in [0.2, 0.25) is 0 Å². The molecule has 104 valence electrons. The van der Waals surface area contributed by atoms with Crippen molar-refractivity contribution in [3.63, 3.8) is 0 Å². The second-order valence-corrected chi connectivity index (χ2v) is 5.97. The lowest BCUT2D eigenvalue weighted by Gasteiger charge is -2.24. The Morgan fingerprint density at radius 2 is 1.83 bits per heavy atom. The lowest BCUT2D eigenvalue weighted by atomic mass is 9.86. The number of hydrogen-bond donors (Lipinski definition) is 2. The van der Waals surface area contributed by atoms with Crippen LogP contribution in [0, 0.1) is 5.41 Å². The van der Waals surface area contributed by atoms with Crippen molar-refractivity contribution in [1.82, 2.24) is 5.32 Å². The maximum Gasteiger partial charge on any atom is 0.311 e. The lowest BCUT2D eigenvalue weighted by molar-refractivity contribution is -0.148. The van der Waals surface area contributed by atoms with Gasteiger partial charge < -0.3 is 15.2 Å². The van der Waals surface area contributed by atoms with Gasteiger partial charge in [0.25, 0.3) is 0 Å². The molecule has 0 aromatic heterocycles. The van der Waals surface area contributed by atoms with Gasteiger partial charge in [0.05, 0.1) is 11.0 Å². The molecule has 0 heterocycles. The number of carboxylic acids is 1. The number of carboxylic acid groups (broad SMARTS) is 1. The minimum absolute atomic E-state index is 0.0286. The van der Waals surface area contributed by atoms with Gasteiger partial charge in [0, 0.05) is 6.54 Å². The molecule has 0 atom stereocenters. The molecular formula is C13H23NO4. The van der Waals surface area contributed by atoms with Gasteiger partial charge in [-0.05, 0) is 33.6 Å². The lowest BCUT2D eigenvalue weighted by Crippen LogP contribution is -2.43. The summed E-state index contributed by atoms with van der Waals surface area (Å²) in [5, 5.41) is 11.9. The molecule has 0 unspecified atom stereocenters. The van der Waals surface area contributed by atoms with Gasteiger partial charge in [0.15, 0.2) is 0 Å². The topological polar surface area (TPSA) is 75.6 Å². The highest BCUT2D eigenvalue weighted by atomic mass is 16.5. The Hall–Kier alpha value is -1.10. The number of nitrogens with one attached hydrogen (secondary N) is 1. The van der Waals surface area contributed by atoms with Gasteiger partial charge >= 0.3 is 5.97 Å². The van der Waals surface area contributed by atoms with E-state index in [0.717, 1.165) is 12.8 Å². The first-order chi connectivity index (χ1) is 8.25. The molecule has 1 aliphatic carbocycles. The second-order valence-electron chi connectivity index (χ2n) is 5.97. The van der Waals surface area contributed by atoms with Crippen LogP contribution in [0.1, 0.15) is 46.5 Å². The predicted molar refractivity (Wildman–Crippen MR) is 67.3 cm³/mol. The van der Waals surface area contributed by atoms with Crippen LogP contribution < -0.4 is 5.32 Å². The summed E-state index contributed by atoms with van der Waals surface area (Å²) < 4.78 is 5.34. The Bertz CT molecular complexity index is 313. The molecule has 0 aromatic rings. The van der Waals surface area contributed by atoms with Crippen molar-refractivity contribution < 1.29 is 19.4 Å². The van der Waals surface area contributed by atoms with Crippen LogP contribution in [0.25, 0.3) is 0 Å². The zero-order valence-corrected chi connectivity index (χ0v) is 11.4. The zero-order chi connectivity index (χ0) is 13.8. The number of rotatable bonds is 5. The van der Waals surface area contributed by atoms with Crippen LogP contribution in [0.15, 0.2) is 0 Å². The Morgan fingerprint density at radius 1 is 1.28 bits per heavy atom. The second kappa shape index (κ2) is 5.69. The van der Waals surface area contributed by atoms with Crippen molar-refractivity contribution in [2.75, 3.05) is 13.2 Å². The van der Waals surface area contributed by atoms with Crippen molar-refractivity contribution in [1.29, 1.82) is 0 Å². The molecule has 1 saturated carbocycles. The SMILES string of the molecule is CC(C)(C)OCC(=O)NCC1(C(=O)O)CCCC1. The summed E-state index contributed by atoms with van der Waals surface area (Å²) in [4.78, 5) is 22.9. The van der Waals surface area contributed by atoms with E-state index in [-0.39, 0.29) is 24.7 Å². The summed E-state index contributed by atoms with van der Waals surface area (Å²) >= 11 is 0. The van der Waals surface area contributed by atoms with Crippen molar-refractivity contribution in [2.45, 2.75) is 52.1 Å². The number of hydrogen-bond acceptors (Lipinski definition) is 3. The Kier molecular flexibility index (Phi) is 4.73. The molecule has 5 heteroatoms. The van der Waals surface area contributed by atoms with E-state index in [0.29, 0.717) is 12.8 Å². The molecular weight excluding hydrogens is 234 g/mol. The first-order valence-corrected chi connectivity index (χ1v) is 6.39.